The second kappa shape index (κ2) is 10.1. The van der Waals surface area contributed by atoms with Gasteiger partial charge in [-0.1, -0.05) is 77.9 Å². The molecule has 0 saturated carbocycles. The van der Waals surface area contributed by atoms with E-state index in [1.54, 1.807) is 0 Å². The first-order valence-corrected chi connectivity index (χ1v) is 12.7. The molecule has 0 radical (unpaired) electrons. The van der Waals surface area contributed by atoms with Crippen molar-refractivity contribution in [1.29, 1.82) is 0 Å². The maximum atomic E-state index is 2.62. The first-order chi connectivity index (χ1) is 14.1. The van der Waals surface area contributed by atoms with Gasteiger partial charge in [0.2, 0.25) is 0 Å². The van der Waals surface area contributed by atoms with Gasteiger partial charge in [-0.25, -0.2) is 0 Å². The Hall–Kier alpha value is -0.940. The van der Waals surface area contributed by atoms with Crippen LogP contribution in [0.2, 0.25) is 0 Å². The molecule has 0 amide bonds. The molecule has 0 atom stereocenters. The van der Waals surface area contributed by atoms with Gasteiger partial charge in [0, 0.05) is 58.6 Å². The molecule has 2 aromatic carbocycles. The van der Waals surface area contributed by atoms with E-state index in [-0.39, 0.29) is 9.49 Å². The van der Waals surface area contributed by atoms with Crippen molar-refractivity contribution in [1.82, 2.24) is 9.80 Å². The number of piperazine rings is 1. The zero-order valence-electron chi connectivity index (χ0n) is 19.6. The molecule has 0 bridgehead atoms. The lowest BCUT2D eigenvalue weighted by molar-refractivity contribution is 0.121. The molecule has 1 saturated heterocycles. The molecule has 1 heterocycles. The number of rotatable bonds is 6. The summed E-state index contributed by atoms with van der Waals surface area (Å²) in [6.07, 6.45) is 0. The summed E-state index contributed by atoms with van der Waals surface area (Å²) in [6.45, 7) is 20.5. The van der Waals surface area contributed by atoms with E-state index in [2.05, 4.69) is 99.9 Å². The predicted molar refractivity (Wildman–Crippen MR) is 135 cm³/mol. The third-order valence-corrected chi connectivity index (χ3v) is 7.49. The van der Waals surface area contributed by atoms with Crippen LogP contribution in [0.25, 0.3) is 0 Å². The average Bonchev–Trinajstić information content (AvgIpc) is 2.64. The van der Waals surface area contributed by atoms with E-state index in [0.29, 0.717) is 0 Å². The maximum Gasteiger partial charge on any atom is 0.0245 e. The SMILES string of the molecule is CC(C)(C)Sc1ccccc1CN1CCN(Cc2ccccc2SC(C)(C)C)CC1. The summed E-state index contributed by atoms with van der Waals surface area (Å²) in [6, 6.07) is 17.9. The molecule has 1 aliphatic rings. The van der Waals surface area contributed by atoms with E-state index in [9.17, 15) is 0 Å². The summed E-state index contributed by atoms with van der Waals surface area (Å²) in [7, 11) is 0. The van der Waals surface area contributed by atoms with Crippen molar-refractivity contribution in [2.24, 2.45) is 0 Å². The van der Waals surface area contributed by atoms with Crippen LogP contribution in [0.3, 0.4) is 0 Å². The molecule has 164 valence electrons. The molecule has 0 aliphatic carbocycles. The topological polar surface area (TPSA) is 6.48 Å². The quantitative estimate of drug-likeness (QED) is 0.454. The molecule has 1 fully saturated rings. The van der Waals surface area contributed by atoms with Crippen LogP contribution < -0.4 is 0 Å². The van der Waals surface area contributed by atoms with Gasteiger partial charge >= 0.3 is 0 Å². The molecule has 0 unspecified atom stereocenters. The van der Waals surface area contributed by atoms with Crippen LogP contribution in [0, 0.1) is 0 Å². The minimum atomic E-state index is 0.243. The predicted octanol–water partition coefficient (Wildman–Crippen LogP) is 6.79. The zero-order chi connectivity index (χ0) is 21.8. The molecule has 0 aromatic heterocycles. The highest BCUT2D eigenvalue weighted by molar-refractivity contribution is 8.00. The molecular formula is C26H38N2S2. The van der Waals surface area contributed by atoms with E-state index in [4.69, 9.17) is 0 Å². The molecule has 3 rings (SSSR count). The summed E-state index contributed by atoms with van der Waals surface area (Å²) in [4.78, 5) is 8.10. The highest BCUT2D eigenvalue weighted by Crippen LogP contribution is 2.36. The molecule has 4 heteroatoms. The fraction of sp³-hybridized carbons (Fsp3) is 0.538. The summed E-state index contributed by atoms with van der Waals surface area (Å²) < 4.78 is 0.487. The highest BCUT2D eigenvalue weighted by atomic mass is 32.2. The van der Waals surface area contributed by atoms with Gasteiger partial charge < -0.3 is 0 Å². The summed E-state index contributed by atoms with van der Waals surface area (Å²) >= 11 is 3.97. The van der Waals surface area contributed by atoms with Crippen molar-refractivity contribution < 1.29 is 0 Å². The molecule has 2 nitrogen and oxygen atoms in total. The van der Waals surface area contributed by atoms with Crippen LogP contribution in [0.15, 0.2) is 58.3 Å². The Morgan fingerprint density at radius 1 is 0.600 bits per heavy atom. The number of nitrogens with zero attached hydrogens (tertiary/aromatic N) is 2. The van der Waals surface area contributed by atoms with Gasteiger partial charge in [0.05, 0.1) is 0 Å². The lowest BCUT2D eigenvalue weighted by Gasteiger charge is -2.35. The fourth-order valence-corrected chi connectivity index (χ4v) is 5.86. The number of hydrogen-bond acceptors (Lipinski definition) is 4. The Bertz CT molecular complexity index is 743. The van der Waals surface area contributed by atoms with Gasteiger partial charge in [0.1, 0.15) is 0 Å². The highest BCUT2D eigenvalue weighted by Gasteiger charge is 2.21. The fourth-order valence-electron chi connectivity index (χ4n) is 3.72. The van der Waals surface area contributed by atoms with Crippen molar-refractivity contribution in [2.75, 3.05) is 26.2 Å². The van der Waals surface area contributed by atoms with E-state index in [1.165, 1.54) is 20.9 Å². The van der Waals surface area contributed by atoms with Crippen LogP contribution >= 0.6 is 23.5 Å². The Balaban J connectivity index is 1.57. The van der Waals surface area contributed by atoms with E-state index >= 15 is 0 Å². The van der Waals surface area contributed by atoms with Gasteiger partial charge in [-0.2, -0.15) is 0 Å². The lowest BCUT2D eigenvalue weighted by atomic mass is 10.1. The minimum absolute atomic E-state index is 0.243. The Labute approximate surface area is 192 Å². The number of thioether (sulfide) groups is 2. The Morgan fingerprint density at radius 3 is 1.27 bits per heavy atom. The summed E-state index contributed by atoms with van der Waals surface area (Å²) in [5.41, 5.74) is 2.94. The number of benzene rings is 2. The van der Waals surface area contributed by atoms with Crippen molar-refractivity contribution in [3.63, 3.8) is 0 Å². The molecule has 1 aliphatic heterocycles. The van der Waals surface area contributed by atoms with Gasteiger partial charge in [-0.15, -0.1) is 23.5 Å². The van der Waals surface area contributed by atoms with Gasteiger partial charge in [0.15, 0.2) is 0 Å². The molecule has 2 aromatic rings. The summed E-state index contributed by atoms with van der Waals surface area (Å²) in [5.74, 6) is 0. The Kier molecular flexibility index (Phi) is 8.00. The first kappa shape index (κ1) is 23.7. The van der Waals surface area contributed by atoms with Crippen LogP contribution in [0.5, 0.6) is 0 Å². The molecular weight excluding hydrogens is 404 g/mol. The average molecular weight is 443 g/mol. The van der Waals surface area contributed by atoms with Gasteiger partial charge in [-0.3, -0.25) is 9.80 Å². The third-order valence-electron chi connectivity index (χ3n) is 5.03. The summed E-state index contributed by atoms with van der Waals surface area (Å²) in [5, 5.41) is 0. The van der Waals surface area contributed by atoms with E-state index < -0.39 is 0 Å². The van der Waals surface area contributed by atoms with Crippen molar-refractivity contribution in [2.45, 2.75) is 73.9 Å². The number of hydrogen-bond donors (Lipinski definition) is 0. The van der Waals surface area contributed by atoms with Gasteiger partial charge in [0.25, 0.3) is 0 Å². The molecule has 0 spiro atoms. The van der Waals surface area contributed by atoms with Crippen LogP contribution in [0.4, 0.5) is 0 Å². The maximum absolute atomic E-state index is 2.62. The van der Waals surface area contributed by atoms with Crippen molar-refractivity contribution in [3.05, 3.63) is 59.7 Å². The largest absolute Gasteiger partial charge is 0.297 e. The van der Waals surface area contributed by atoms with E-state index in [1.807, 2.05) is 23.5 Å². The van der Waals surface area contributed by atoms with Crippen molar-refractivity contribution >= 4 is 23.5 Å². The third kappa shape index (κ3) is 7.64. The smallest absolute Gasteiger partial charge is 0.0245 e. The lowest BCUT2D eigenvalue weighted by Crippen LogP contribution is -2.45. The second-order valence-electron chi connectivity index (χ2n) is 10.2. The van der Waals surface area contributed by atoms with Crippen LogP contribution in [0.1, 0.15) is 52.7 Å². The minimum Gasteiger partial charge on any atom is -0.297 e. The Morgan fingerprint density at radius 2 is 0.933 bits per heavy atom. The zero-order valence-corrected chi connectivity index (χ0v) is 21.2. The normalized spacial score (nSPS) is 16.7. The molecule has 0 N–H and O–H groups in total. The van der Waals surface area contributed by atoms with Crippen LogP contribution in [-0.2, 0) is 13.1 Å². The first-order valence-electron chi connectivity index (χ1n) is 11.1. The van der Waals surface area contributed by atoms with Crippen molar-refractivity contribution in [3.8, 4) is 0 Å². The van der Waals surface area contributed by atoms with Crippen LogP contribution in [-0.4, -0.2) is 45.5 Å². The van der Waals surface area contributed by atoms with E-state index in [0.717, 1.165) is 39.3 Å². The second-order valence-corrected chi connectivity index (χ2v) is 13.9. The molecule has 30 heavy (non-hydrogen) atoms. The van der Waals surface area contributed by atoms with Gasteiger partial charge in [-0.05, 0) is 23.3 Å². The monoisotopic (exact) mass is 442 g/mol. The standard InChI is InChI=1S/C26H38N2S2/c1-25(2,3)29-23-13-9-7-11-21(23)19-27-15-17-28(18-16-27)20-22-12-8-10-14-24(22)30-26(4,5)6/h7-14H,15-20H2,1-6H3.